The molecule has 2 N–H and O–H groups in total. The van der Waals surface area contributed by atoms with Crippen molar-refractivity contribution in [3.05, 3.63) is 76.6 Å². The lowest BCUT2D eigenvalue weighted by Gasteiger charge is -2.27. The van der Waals surface area contributed by atoms with Crippen LogP contribution in [0.15, 0.2) is 59.6 Å². The third-order valence-corrected chi connectivity index (χ3v) is 7.42. The van der Waals surface area contributed by atoms with E-state index in [1.807, 2.05) is 35.1 Å². The van der Waals surface area contributed by atoms with Crippen LogP contribution >= 0.6 is 23.4 Å². The molecule has 0 saturated heterocycles. The van der Waals surface area contributed by atoms with Crippen molar-refractivity contribution in [1.29, 1.82) is 0 Å². The molecule has 0 saturated carbocycles. The van der Waals surface area contributed by atoms with Crippen molar-refractivity contribution in [2.45, 2.75) is 48.4 Å². The van der Waals surface area contributed by atoms with E-state index in [4.69, 9.17) is 11.6 Å². The van der Waals surface area contributed by atoms with Gasteiger partial charge in [-0.05, 0) is 43.0 Å². The normalized spacial score (nSPS) is 19.6. The Morgan fingerprint density at radius 2 is 2.09 bits per heavy atom. The Bertz CT molecular complexity index is 1160. The molecule has 32 heavy (non-hydrogen) atoms. The highest BCUT2D eigenvalue weighted by molar-refractivity contribution is 8.01. The molecule has 2 atom stereocenters. The Morgan fingerprint density at radius 1 is 1.25 bits per heavy atom. The van der Waals surface area contributed by atoms with E-state index in [-0.39, 0.29) is 24.3 Å². The summed E-state index contributed by atoms with van der Waals surface area (Å²) in [5.74, 6) is -0.288. The summed E-state index contributed by atoms with van der Waals surface area (Å²) in [7, 11) is 0. The van der Waals surface area contributed by atoms with Crippen LogP contribution in [0.1, 0.15) is 42.1 Å². The third-order valence-electron chi connectivity index (χ3n) is 5.91. The van der Waals surface area contributed by atoms with Crippen LogP contribution in [-0.2, 0) is 22.6 Å². The highest BCUT2D eigenvalue weighted by atomic mass is 35.5. The van der Waals surface area contributed by atoms with Gasteiger partial charge in [0.25, 0.3) is 0 Å². The number of hydrogen-bond donors (Lipinski definition) is 2. The van der Waals surface area contributed by atoms with Gasteiger partial charge in [-0.25, -0.2) is 0 Å². The Balaban J connectivity index is 1.25. The van der Waals surface area contributed by atoms with Crippen LogP contribution in [0.3, 0.4) is 0 Å². The number of thioether (sulfide) groups is 1. The topological polar surface area (TPSA) is 76.0 Å². The molecule has 2 aromatic carbocycles. The maximum Gasteiger partial charge on any atom is 0.238 e. The van der Waals surface area contributed by atoms with Crippen molar-refractivity contribution in [2.24, 2.45) is 0 Å². The van der Waals surface area contributed by atoms with E-state index in [9.17, 15) is 9.59 Å². The lowest BCUT2D eigenvalue weighted by molar-refractivity contribution is -0.124. The quantitative estimate of drug-likeness (QED) is 0.577. The molecule has 1 aliphatic heterocycles. The van der Waals surface area contributed by atoms with E-state index < -0.39 is 5.25 Å². The fraction of sp³-hybridized carbons (Fsp3) is 0.292. The second-order valence-electron chi connectivity index (χ2n) is 8.14. The van der Waals surface area contributed by atoms with Gasteiger partial charge in [0.15, 0.2) is 0 Å². The zero-order valence-corrected chi connectivity index (χ0v) is 19.0. The Labute approximate surface area is 195 Å². The van der Waals surface area contributed by atoms with Crippen molar-refractivity contribution in [1.82, 2.24) is 15.1 Å². The lowest BCUT2D eigenvalue weighted by atomic mass is 9.92. The summed E-state index contributed by atoms with van der Waals surface area (Å²) in [4.78, 5) is 26.3. The summed E-state index contributed by atoms with van der Waals surface area (Å²) in [5, 5.41) is 10.7. The molecule has 5 rings (SSSR count). The number of nitrogens with zero attached hydrogens (tertiary/aromatic N) is 2. The van der Waals surface area contributed by atoms with E-state index in [1.165, 1.54) is 23.0 Å². The van der Waals surface area contributed by atoms with Crippen LogP contribution in [0.25, 0.3) is 0 Å². The highest BCUT2D eigenvalue weighted by Crippen LogP contribution is 2.38. The molecule has 0 spiro atoms. The average molecular weight is 467 g/mol. The Morgan fingerprint density at radius 3 is 2.94 bits per heavy atom. The van der Waals surface area contributed by atoms with Gasteiger partial charge in [-0.15, -0.1) is 11.8 Å². The van der Waals surface area contributed by atoms with Gasteiger partial charge < -0.3 is 10.6 Å². The summed E-state index contributed by atoms with van der Waals surface area (Å²) in [6, 6.07) is 15.6. The van der Waals surface area contributed by atoms with Crippen molar-refractivity contribution in [3.8, 4) is 0 Å². The summed E-state index contributed by atoms with van der Waals surface area (Å²) in [5.41, 5.74) is 4.17. The van der Waals surface area contributed by atoms with Gasteiger partial charge in [-0.1, -0.05) is 41.9 Å². The minimum atomic E-state index is -0.465. The molecule has 0 fully saturated rings. The maximum atomic E-state index is 12.8. The first-order valence-electron chi connectivity index (χ1n) is 10.7. The second-order valence-corrected chi connectivity index (χ2v) is 9.82. The first kappa shape index (κ1) is 21.1. The lowest BCUT2D eigenvalue weighted by Crippen LogP contribution is -2.37. The molecule has 6 nitrogen and oxygen atoms in total. The highest BCUT2D eigenvalue weighted by Gasteiger charge is 2.31. The third kappa shape index (κ3) is 4.40. The first-order chi connectivity index (χ1) is 15.6. The number of nitrogens with one attached hydrogen (secondary N) is 2. The van der Waals surface area contributed by atoms with Gasteiger partial charge >= 0.3 is 0 Å². The van der Waals surface area contributed by atoms with Crippen LogP contribution in [0.5, 0.6) is 0 Å². The van der Waals surface area contributed by atoms with Crippen molar-refractivity contribution >= 4 is 40.9 Å². The minimum Gasteiger partial charge on any atom is -0.349 e. The van der Waals surface area contributed by atoms with E-state index in [2.05, 4.69) is 27.9 Å². The van der Waals surface area contributed by atoms with Gasteiger partial charge in [0.2, 0.25) is 11.8 Å². The SMILES string of the molecule is O=C(CC1Sc2ccc(Cl)cc2NC1=O)NC1CCCc2c1cnn2Cc1ccccc1. The van der Waals surface area contributed by atoms with E-state index in [0.29, 0.717) is 10.7 Å². The Hall–Kier alpha value is -2.77. The molecule has 2 heterocycles. The summed E-state index contributed by atoms with van der Waals surface area (Å²) in [6.45, 7) is 0.721. The zero-order chi connectivity index (χ0) is 22.1. The van der Waals surface area contributed by atoms with Gasteiger partial charge in [-0.3, -0.25) is 14.3 Å². The van der Waals surface area contributed by atoms with Crippen molar-refractivity contribution in [3.63, 3.8) is 0 Å². The van der Waals surface area contributed by atoms with Crippen LogP contribution in [0, 0.1) is 0 Å². The van der Waals surface area contributed by atoms with E-state index in [0.717, 1.165) is 36.3 Å². The largest absolute Gasteiger partial charge is 0.349 e. The molecule has 0 radical (unpaired) electrons. The molecule has 1 aliphatic carbocycles. The van der Waals surface area contributed by atoms with Gasteiger partial charge in [0, 0.05) is 27.6 Å². The fourth-order valence-electron chi connectivity index (χ4n) is 4.34. The van der Waals surface area contributed by atoms with E-state index >= 15 is 0 Å². The number of rotatable bonds is 5. The molecule has 8 heteroatoms. The van der Waals surface area contributed by atoms with Crippen LogP contribution in [0.4, 0.5) is 5.69 Å². The molecular weight excluding hydrogens is 444 g/mol. The minimum absolute atomic E-state index is 0.0708. The summed E-state index contributed by atoms with van der Waals surface area (Å²) < 4.78 is 2.04. The van der Waals surface area contributed by atoms with Gasteiger partial charge in [0.1, 0.15) is 0 Å². The number of anilines is 1. The summed E-state index contributed by atoms with van der Waals surface area (Å²) >= 11 is 7.42. The molecular formula is C24H23ClN4O2S. The van der Waals surface area contributed by atoms with Crippen LogP contribution < -0.4 is 10.6 Å². The molecule has 2 unspecified atom stereocenters. The molecule has 1 aromatic heterocycles. The van der Waals surface area contributed by atoms with Crippen molar-refractivity contribution < 1.29 is 9.59 Å². The first-order valence-corrected chi connectivity index (χ1v) is 12.0. The number of fused-ring (bicyclic) bond motifs is 2. The van der Waals surface area contributed by atoms with Gasteiger partial charge in [-0.2, -0.15) is 5.10 Å². The number of carbonyl (C=O) groups is 2. The van der Waals surface area contributed by atoms with Crippen LogP contribution in [0.2, 0.25) is 5.02 Å². The molecule has 2 amide bonds. The van der Waals surface area contributed by atoms with E-state index in [1.54, 1.807) is 12.1 Å². The summed E-state index contributed by atoms with van der Waals surface area (Å²) in [6.07, 6.45) is 4.83. The smallest absolute Gasteiger partial charge is 0.238 e. The zero-order valence-electron chi connectivity index (χ0n) is 17.4. The second kappa shape index (κ2) is 9.00. The number of carbonyl (C=O) groups excluding carboxylic acids is 2. The predicted molar refractivity (Wildman–Crippen MR) is 126 cm³/mol. The number of benzene rings is 2. The number of amides is 2. The molecule has 164 valence electrons. The number of aromatic nitrogens is 2. The monoisotopic (exact) mass is 466 g/mol. The predicted octanol–water partition coefficient (Wildman–Crippen LogP) is 4.58. The number of hydrogen-bond acceptors (Lipinski definition) is 4. The van der Waals surface area contributed by atoms with Gasteiger partial charge in [0.05, 0.1) is 29.7 Å². The number of halogens is 1. The fourth-order valence-corrected chi connectivity index (χ4v) is 5.60. The maximum absolute atomic E-state index is 12.8. The van der Waals surface area contributed by atoms with Crippen molar-refractivity contribution in [2.75, 3.05) is 5.32 Å². The standard InChI is InChI=1S/C24H23ClN4O2S/c25-16-9-10-21-19(11-16)28-24(31)22(32-21)12-23(30)27-18-7-4-8-20-17(18)13-26-29(20)14-15-5-2-1-3-6-15/h1-3,5-6,9-11,13,18,22H,4,7-8,12,14H2,(H,27,30)(H,28,31). The average Bonchev–Trinajstić information content (AvgIpc) is 3.19. The Kier molecular flexibility index (Phi) is 5.93. The molecule has 2 aliphatic rings. The van der Waals surface area contributed by atoms with Crippen LogP contribution in [-0.4, -0.2) is 26.8 Å². The molecule has 3 aromatic rings. The molecule has 0 bridgehead atoms.